The van der Waals surface area contributed by atoms with E-state index in [1.54, 1.807) is 0 Å². The van der Waals surface area contributed by atoms with E-state index in [2.05, 4.69) is 23.8 Å². The van der Waals surface area contributed by atoms with Gasteiger partial charge in [0.25, 0.3) is 0 Å². The minimum atomic E-state index is -1.29. The highest BCUT2D eigenvalue weighted by molar-refractivity contribution is 7.45. The van der Waals surface area contributed by atoms with Gasteiger partial charge in [0, 0.05) is 6.04 Å². The summed E-state index contributed by atoms with van der Waals surface area (Å²) in [7, 11) is 4.23. The van der Waals surface area contributed by atoms with Crippen LogP contribution in [0.25, 0.3) is 0 Å². The molecule has 0 aromatic rings. The van der Waals surface area contributed by atoms with Gasteiger partial charge >= 0.3 is 0 Å². The summed E-state index contributed by atoms with van der Waals surface area (Å²) in [5, 5.41) is 2.58. The summed E-state index contributed by atoms with van der Waals surface area (Å²) in [4.78, 5) is 20.7. The number of nitrogens with two attached hydrogens (primary N) is 1. The lowest BCUT2D eigenvalue weighted by atomic mass is 10.3. The molecule has 6 heteroatoms. The van der Waals surface area contributed by atoms with Gasteiger partial charge < -0.3 is 11.1 Å². The van der Waals surface area contributed by atoms with Gasteiger partial charge in [-0.3, -0.25) is 9.59 Å². The third kappa shape index (κ3) is 3.04. The maximum atomic E-state index is 11.3. The van der Waals surface area contributed by atoms with Crippen molar-refractivity contribution >= 4 is 30.3 Å². The summed E-state index contributed by atoms with van der Waals surface area (Å²) >= 11 is 0. The van der Waals surface area contributed by atoms with Gasteiger partial charge in [0.05, 0.1) is 0 Å². The number of carbonyl (C=O) groups is 2. The molecule has 2 amide bonds. The Morgan fingerprint density at radius 1 is 1.42 bits per heavy atom. The minimum absolute atomic E-state index is 0.00248. The van der Waals surface area contributed by atoms with Crippen LogP contribution in [0.3, 0.4) is 0 Å². The van der Waals surface area contributed by atoms with Crippen LogP contribution in [-0.2, 0) is 9.59 Å². The third-order valence-electron chi connectivity index (χ3n) is 1.20. The van der Waals surface area contributed by atoms with Gasteiger partial charge in [-0.2, -0.15) is 0 Å². The van der Waals surface area contributed by atoms with Crippen LogP contribution in [0.2, 0.25) is 0 Å². The van der Waals surface area contributed by atoms with E-state index < -0.39 is 16.7 Å². The van der Waals surface area contributed by atoms with Gasteiger partial charge in [0.1, 0.15) is 0 Å². The van der Waals surface area contributed by atoms with Crippen LogP contribution in [0.15, 0.2) is 0 Å². The molecule has 0 rings (SSSR count). The first-order valence-electron chi connectivity index (χ1n) is 3.47. The second-order valence-electron chi connectivity index (χ2n) is 2.86. The van der Waals surface area contributed by atoms with Crippen LogP contribution < -0.4 is 11.1 Å². The Hall–Kier alpha value is -0.200. The Morgan fingerprint density at radius 3 is 2.08 bits per heavy atom. The molecule has 4 nitrogen and oxygen atoms in total. The van der Waals surface area contributed by atoms with Crippen molar-refractivity contribution in [1.82, 2.24) is 5.32 Å². The summed E-state index contributed by atoms with van der Waals surface area (Å²) in [6.45, 7) is 3.62. The van der Waals surface area contributed by atoms with E-state index in [4.69, 9.17) is 5.73 Å². The lowest BCUT2D eigenvalue weighted by molar-refractivity contribution is -0.128. The number of hydrogen-bond donors (Lipinski definition) is 2. The first-order chi connectivity index (χ1) is 5.28. The van der Waals surface area contributed by atoms with Gasteiger partial charge in [-0.25, -0.2) is 0 Å². The average molecular weight is 208 g/mol. The summed E-state index contributed by atoms with van der Waals surface area (Å²) in [6.07, 6.45) is 0. The fourth-order valence-corrected chi connectivity index (χ4v) is 0.660. The number of hydrogen-bond acceptors (Lipinski definition) is 2. The molecule has 0 aliphatic heterocycles. The van der Waals surface area contributed by atoms with Crippen LogP contribution >= 0.6 is 18.5 Å². The second kappa shape index (κ2) is 4.15. The molecule has 0 aliphatic rings. The molecule has 2 unspecified atom stereocenters. The minimum Gasteiger partial charge on any atom is -0.368 e. The first-order valence-corrected chi connectivity index (χ1v) is 4.62. The van der Waals surface area contributed by atoms with Crippen LogP contribution in [0.1, 0.15) is 13.8 Å². The molecule has 0 radical (unpaired) electrons. The fourth-order valence-electron chi connectivity index (χ4n) is 0.494. The van der Waals surface area contributed by atoms with Crippen LogP contribution in [-0.4, -0.2) is 22.8 Å². The zero-order valence-corrected chi connectivity index (χ0v) is 9.44. The maximum Gasteiger partial charge on any atom is 0.243 e. The molecular weight excluding hydrogens is 194 g/mol. The first kappa shape index (κ1) is 11.8. The number of primary amides is 1. The van der Waals surface area contributed by atoms with Crippen molar-refractivity contribution in [3.63, 3.8) is 0 Å². The molecule has 3 N–H and O–H groups in total. The molecule has 0 spiro atoms. The number of rotatable bonds is 3. The highest BCUT2D eigenvalue weighted by Gasteiger charge is 2.34. The lowest BCUT2D eigenvalue weighted by Gasteiger charge is -2.20. The zero-order valence-electron chi connectivity index (χ0n) is 7.13. The largest absolute Gasteiger partial charge is 0.368 e. The Bertz CT molecular complexity index is 204. The standard InChI is InChI=1S/C6H14N2O2P2/c1-3(2)8-5(10)6(11,12)4(7)9/h3H,11-12H2,1-2H3,(H2,7,9)(H,8,10). The van der Waals surface area contributed by atoms with E-state index in [1.165, 1.54) is 0 Å². The van der Waals surface area contributed by atoms with Crippen molar-refractivity contribution in [3.05, 3.63) is 0 Å². The zero-order chi connectivity index (χ0) is 9.94. The van der Waals surface area contributed by atoms with Gasteiger partial charge in [0.15, 0.2) is 4.90 Å². The molecule has 0 aliphatic carbocycles. The van der Waals surface area contributed by atoms with Crippen molar-refractivity contribution in [2.24, 2.45) is 5.73 Å². The van der Waals surface area contributed by atoms with Crippen molar-refractivity contribution in [2.75, 3.05) is 0 Å². The van der Waals surface area contributed by atoms with E-state index in [-0.39, 0.29) is 6.04 Å². The molecule has 0 saturated heterocycles. The summed E-state index contributed by atoms with van der Waals surface area (Å²) in [5.41, 5.74) is 5.01. The molecule has 0 bridgehead atoms. The smallest absolute Gasteiger partial charge is 0.243 e. The maximum absolute atomic E-state index is 11.3. The van der Waals surface area contributed by atoms with E-state index >= 15 is 0 Å². The molecule has 0 heterocycles. The predicted molar refractivity (Wildman–Crippen MR) is 54.6 cm³/mol. The van der Waals surface area contributed by atoms with Crippen LogP contribution in [0.5, 0.6) is 0 Å². The van der Waals surface area contributed by atoms with E-state index in [1.807, 2.05) is 13.8 Å². The third-order valence-corrected chi connectivity index (χ3v) is 2.30. The monoisotopic (exact) mass is 208 g/mol. The van der Waals surface area contributed by atoms with E-state index in [0.717, 1.165) is 0 Å². The molecule has 0 saturated carbocycles. The number of amides is 2. The van der Waals surface area contributed by atoms with Gasteiger partial charge in [-0.15, -0.1) is 18.5 Å². The Balaban J connectivity index is 4.36. The molecular formula is C6H14N2O2P2. The van der Waals surface area contributed by atoms with E-state index in [9.17, 15) is 9.59 Å². The summed E-state index contributed by atoms with van der Waals surface area (Å²) in [5.74, 6) is -1.09. The molecule has 70 valence electrons. The Labute approximate surface area is 76.4 Å². The van der Waals surface area contributed by atoms with Gasteiger partial charge in [0.2, 0.25) is 11.8 Å². The highest BCUT2D eigenvalue weighted by Crippen LogP contribution is 2.26. The van der Waals surface area contributed by atoms with Crippen molar-refractivity contribution in [2.45, 2.75) is 24.8 Å². The lowest BCUT2D eigenvalue weighted by Crippen LogP contribution is -2.48. The molecule has 2 atom stereocenters. The van der Waals surface area contributed by atoms with Crippen molar-refractivity contribution < 1.29 is 9.59 Å². The number of carbonyl (C=O) groups excluding carboxylic acids is 2. The van der Waals surface area contributed by atoms with Crippen LogP contribution in [0, 0.1) is 0 Å². The SMILES string of the molecule is CC(C)NC(=O)C(P)(P)C(N)=O. The van der Waals surface area contributed by atoms with Gasteiger partial charge in [-0.1, -0.05) is 0 Å². The molecule has 0 aromatic heterocycles. The van der Waals surface area contributed by atoms with Gasteiger partial charge in [-0.05, 0) is 13.8 Å². The molecule has 0 aromatic carbocycles. The molecule has 0 fully saturated rings. The fraction of sp³-hybridized carbons (Fsp3) is 0.667. The Morgan fingerprint density at radius 2 is 1.83 bits per heavy atom. The normalized spacial score (nSPS) is 11.4. The number of nitrogens with one attached hydrogen (secondary N) is 1. The summed E-state index contributed by atoms with van der Waals surface area (Å²) < 4.78 is 0. The molecule has 12 heavy (non-hydrogen) atoms. The van der Waals surface area contributed by atoms with E-state index in [0.29, 0.717) is 0 Å². The highest BCUT2D eigenvalue weighted by atomic mass is 31.1. The van der Waals surface area contributed by atoms with Crippen LogP contribution in [0.4, 0.5) is 0 Å². The van der Waals surface area contributed by atoms with Crippen molar-refractivity contribution in [3.8, 4) is 0 Å². The second-order valence-corrected chi connectivity index (χ2v) is 5.35. The predicted octanol–water partition coefficient (Wildman–Crippen LogP) is -0.557. The Kier molecular flexibility index (Phi) is 4.09. The van der Waals surface area contributed by atoms with Crippen molar-refractivity contribution in [1.29, 1.82) is 0 Å². The summed E-state index contributed by atoms with van der Waals surface area (Å²) in [6, 6.07) is -0.00248. The quantitative estimate of drug-likeness (QED) is 0.482. The topological polar surface area (TPSA) is 72.2 Å². The average Bonchev–Trinajstić information content (AvgIpc) is 1.85.